The molecule has 0 aliphatic carbocycles. The summed E-state index contributed by atoms with van der Waals surface area (Å²) in [4.78, 5) is 8.41. The summed E-state index contributed by atoms with van der Waals surface area (Å²) in [6.45, 7) is 11.9. The maximum Gasteiger partial charge on any atom is 0.148 e. The van der Waals surface area contributed by atoms with E-state index in [2.05, 4.69) is 55.3 Å². The van der Waals surface area contributed by atoms with Gasteiger partial charge in [0.25, 0.3) is 0 Å². The molecule has 0 saturated heterocycles. The molecule has 0 spiro atoms. The number of hydrogen-bond donors (Lipinski definition) is 3. The van der Waals surface area contributed by atoms with E-state index in [1.165, 1.54) is 6.33 Å². The first-order valence-electron chi connectivity index (χ1n) is 6.44. The topological polar surface area (TPSA) is 75.9 Å². The molecule has 102 valence electrons. The molecule has 0 bridgehead atoms. The molecule has 5 heteroatoms. The van der Waals surface area contributed by atoms with Gasteiger partial charge in [-0.05, 0) is 17.8 Å². The molecule has 1 aromatic heterocycles. The third-order valence-corrected chi connectivity index (χ3v) is 3.49. The molecule has 0 fully saturated rings. The molecule has 0 aliphatic rings. The van der Waals surface area contributed by atoms with Gasteiger partial charge < -0.3 is 10.7 Å². The van der Waals surface area contributed by atoms with Gasteiger partial charge in [0.05, 0.1) is 0 Å². The van der Waals surface area contributed by atoms with Gasteiger partial charge in [0.1, 0.15) is 18.0 Å². The highest BCUT2D eigenvalue weighted by Crippen LogP contribution is 2.26. The number of hydrazine groups is 1. The van der Waals surface area contributed by atoms with Crippen LogP contribution in [-0.4, -0.2) is 16.5 Å². The minimum absolute atomic E-state index is 0.279. The van der Waals surface area contributed by atoms with Gasteiger partial charge in [0.2, 0.25) is 0 Å². The second-order valence-corrected chi connectivity index (χ2v) is 5.70. The third kappa shape index (κ3) is 3.57. The van der Waals surface area contributed by atoms with Crippen LogP contribution in [0.1, 0.15) is 40.2 Å². The van der Waals surface area contributed by atoms with E-state index in [1.807, 2.05) is 0 Å². The Labute approximate surface area is 110 Å². The molecule has 1 unspecified atom stereocenters. The van der Waals surface area contributed by atoms with Crippen LogP contribution < -0.4 is 16.6 Å². The van der Waals surface area contributed by atoms with E-state index in [1.54, 1.807) is 0 Å². The SMILES string of the molecule is CCc1c(NN)ncnc1NCC(C)C(C)(C)C. The lowest BCUT2D eigenvalue weighted by atomic mass is 9.82. The molecule has 1 heterocycles. The highest BCUT2D eigenvalue weighted by molar-refractivity contribution is 5.56. The van der Waals surface area contributed by atoms with Gasteiger partial charge in [-0.1, -0.05) is 34.6 Å². The molecule has 1 atom stereocenters. The number of hydrogen-bond acceptors (Lipinski definition) is 5. The summed E-state index contributed by atoms with van der Waals surface area (Å²) in [5, 5.41) is 3.40. The average molecular weight is 251 g/mol. The van der Waals surface area contributed by atoms with E-state index >= 15 is 0 Å². The molecule has 0 aromatic carbocycles. The monoisotopic (exact) mass is 251 g/mol. The van der Waals surface area contributed by atoms with Gasteiger partial charge in [-0.15, -0.1) is 0 Å². The minimum Gasteiger partial charge on any atom is -0.369 e. The smallest absolute Gasteiger partial charge is 0.148 e. The number of nitrogens with two attached hydrogens (primary N) is 1. The molecule has 1 aromatic rings. The van der Waals surface area contributed by atoms with Crippen LogP contribution in [0.4, 0.5) is 11.6 Å². The molecular formula is C13H25N5. The van der Waals surface area contributed by atoms with Gasteiger partial charge in [-0.2, -0.15) is 0 Å². The Morgan fingerprint density at radius 3 is 2.39 bits per heavy atom. The van der Waals surface area contributed by atoms with Crippen molar-refractivity contribution in [1.82, 2.24) is 9.97 Å². The van der Waals surface area contributed by atoms with E-state index in [0.29, 0.717) is 11.7 Å². The van der Waals surface area contributed by atoms with Crippen LogP contribution >= 0.6 is 0 Å². The van der Waals surface area contributed by atoms with Gasteiger partial charge in [0.15, 0.2) is 0 Å². The van der Waals surface area contributed by atoms with E-state index in [0.717, 1.165) is 24.3 Å². The molecule has 18 heavy (non-hydrogen) atoms. The van der Waals surface area contributed by atoms with Crippen LogP contribution in [0.2, 0.25) is 0 Å². The molecule has 0 radical (unpaired) electrons. The second kappa shape index (κ2) is 6.00. The molecule has 5 nitrogen and oxygen atoms in total. The Bertz CT molecular complexity index is 383. The van der Waals surface area contributed by atoms with Crippen LogP contribution in [0.25, 0.3) is 0 Å². The molecule has 0 saturated carbocycles. The summed E-state index contributed by atoms with van der Waals surface area (Å²) in [5.74, 6) is 7.56. The zero-order valence-corrected chi connectivity index (χ0v) is 12.0. The van der Waals surface area contributed by atoms with Crippen LogP contribution in [0, 0.1) is 11.3 Å². The summed E-state index contributed by atoms with van der Waals surface area (Å²) in [7, 11) is 0. The van der Waals surface area contributed by atoms with E-state index < -0.39 is 0 Å². The second-order valence-electron chi connectivity index (χ2n) is 5.70. The summed E-state index contributed by atoms with van der Waals surface area (Å²) >= 11 is 0. The predicted octanol–water partition coefficient (Wildman–Crippen LogP) is 2.42. The first kappa shape index (κ1) is 14.7. The molecular weight excluding hydrogens is 226 g/mol. The molecule has 0 aliphatic heterocycles. The summed E-state index contributed by atoms with van der Waals surface area (Å²) in [6, 6.07) is 0. The zero-order chi connectivity index (χ0) is 13.8. The van der Waals surface area contributed by atoms with E-state index in [9.17, 15) is 0 Å². The highest BCUT2D eigenvalue weighted by atomic mass is 15.3. The van der Waals surface area contributed by atoms with Gasteiger partial charge >= 0.3 is 0 Å². The first-order valence-corrected chi connectivity index (χ1v) is 6.44. The number of anilines is 2. The number of rotatable bonds is 5. The quantitative estimate of drug-likeness (QED) is 0.553. The lowest BCUT2D eigenvalue weighted by Gasteiger charge is -2.28. The molecule has 4 N–H and O–H groups in total. The van der Waals surface area contributed by atoms with Crippen molar-refractivity contribution < 1.29 is 0 Å². The average Bonchev–Trinajstić information content (AvgIpc) is 2.33. The summed E-state index contributed by atoms with van der Waals surface area (Å²) in [5.41, 5.74) is 3.92. The number of nitrogens with zero attached hydrogens (tertiary/aromatic N) is 2. The maximum absolute atomic E-state index is 5.45. The number of nitrogens with one attached hydrogen (secondary N) is 2. The van der Waals surface area contributed by atoms with Crippen molar-refractivity contribution in [2.24, 2.45) is 17.2 Å². The van der Waals surface area contributed by atoms with Crippen molar-refractivity contribution in [2.75, 3.05) is 17.3 Å². The Kier molecular flexibility index (Phi) is 4.90. The fraction of sp³-hybridized carbons (Fsp3) is 0.692. The van der Waals surface area contributed by atoms with Crippen molar-refractivity contribution in [2.45, 2.75) is 41.0 Å². The summed E-state index contributed by atoms with van der Waals surface area (Å²) < 4.78 is 0. The maximum atomic E-state index is 5.45. The molecule has 1 rings (SSSR count). The highest BCUT2D eigenvalue weighted by Gasteiger charge is 2.20. The van der Waals surface area contributed by atoms with Crippen LogP contribution in [0.5, 0.6) is 0 Å². The number of nitrogen functional groups attached to an aromatic ring is 1. The van der Waals surface area contributed by atoms with Crippen LogP contribution in [-0.2, 0) is 6.42 Å². The fourth-order valence-corrected chi connectivity index (χ4v) is 1.58. The van der Waals surface area contributed by atoms with E-state index in [4.69, 9.17) is 5.84 Å². The fourth-order valence-electron chi connectivity index (χ4n) is 1.58. The Hall–Kier alpha value is -1.36. The van der Waals surface area contributed by atoms with Crippen molar-refractivity contribution in [3.05, 3.63) is 11.9 Å². The van der Waals surface area contributed by atoms with Crippen LogP contribution in [0.3, 0.4) is 0 Å². The Morgan fingerprint density at radius 1 is 1.28 bits per heavy atom. The van der Waals surface area contributed by atoms with Crippen molar-refractivity contribution in [3.63, 3.8) is 0 Å². The largest absolute Gasteiger partial charge is 0.369 e. The van der Waals surface area contributed by atoms with Gasteiger partial charge in [-0.3, -0.25) is 0 Å². The Balaban J connectivity index is 2.79. The van der Waals surface area contributed by atoms with Gasteiger partial charge in [-0.25, -0.2) is 15.8 Å². The third-order valence-electron chi connectivity index (χ3n) is 3.49. The lowest BCUT2D eigenvalue weighted by Crippen LogP contribution is -2.25. The standard InChI is InChI=1S/C13H25N5/c1-6-10-11(16-8-17-12(10)18-14)15-7-9(2)13(3,4)5/h8-9H,6-7,14H2,1-5H3,(H2,15,16,17,18). The van der Waals surface area contributed by atoms with Crippen LogP contribution in [0.15, 0.2) is 6.33 Å². The van der Waals surface area contributed by atoms with Crippen molar-refractivity contribution >= 4 is 11.6 Å². The van der Waals surface area contributed by atoms with Crippen molar-refractivity contribution in [3.8, 4) is 0 Å². The van der Waals surface area contributed by atoms with Gasteiger partial charge in [0, 0.05) is 12.1 Å². The minimum atomic E-state index is 0.279. The zero-order valence-electron chi connectivity index (χ0n) is 12.0. The predicted molar refractivity (Wildman–Crippen MR) is 76.3 cm³/mol. The first-order chi connectivity index (χ1) is 8.40. The summed E-state index contributed by atoms with van der Waals surface area (Å²) in [6.07, 6.45) is 2.37. The Morgan fingerprint density at radius 2 is 1.89 bits per heavy atom. The van der Waals surface area contributed by atoms with Crippen molar-refractivity contribution in [1.29, 1.82) is 0 Å². The lowest BCUT2D eigenvalue weighted by molar-refractivity contribution is 0.274. The normalized spacial score (nSPS) is 13.2. The number of aromatic nitrogens is 2. The van der Waals surface area contributed by atoms with E-state index in [-0.39, 0.29) is 5.41 Å². The molecule has 0 amide bonds.